The molecule has 0 aliphatic heterocycles. The minimum atomic E-state index is -1.04. The van der Waals surface area contributed by atoms with Crippen LogP contribution in [0.3, 0.4) is 0 Å². The normalized spacial score (nSPS) is 33.6. The number of carboxylic acid groups (broad SMARTS) is 1. The van der Waals surface area contributed by atoms with Crippen LogP contribution in [0, 0.1) is 23.7 Å². The van der Waals surface area contributed by atoms with Gasteiger partial charge in [0.1, 0.15) is 0 Å². The highest BCUT2D eigenvalue weighted by Gasteiger charge is 2.51. The summed E-state index contributed by atoms with van der Waals surface area (Å²) in [5.74, 6) is -1.61. The number of hydrogen-bond acceptors (Lipinski definition) is 3. The molecule has 0 amide bonds. The van der Waals surface area contributed by atoms with Crippen LogP contribution in [0.4, 0.5) is 0 Å². The Morgan fingerprint density at radius 3 is 2.22 bits per heavy atom. The van der Waals surface area contributed by atoms with E-state index in [9.17, 15) is 14.7 Å². The summed E-state index contributed by atoms with van der Waals surface area (Å²) in [6.07, 6.45) is 2.79. The van der Waals surface area contributed by atoms with Gasteiger partial charge >= 0.3 is 0 Å². The van der Waals surface area contributed by atoms with Gasteiger partial charge in [0.2, 0.25) is 0 Å². The van der Waals surface area contributed by atoms with E-state index >= 15 is 0 Å². The van der Waals surface area contributed by atoms with Crippen molar-refractivity contribution in [3.05, 3.63) is 35.9 Å². The molecule has 0 aromatic heterocycles. The maximum absolute atomic E-state index is 12.5. The Morgan fingerprint density at radius 2 is 1.61 bits per heavy atom. The maximum atomic E-state index is 12.5. The molecule has 94 valence electrons. The largest absolute Gasteiger partial charge is 0.550 e. The summed E-state index contributed by atoms with van der Waals surface area (Å²) in [5, 5.41) is 11.3. The van der Waals surface area contributed by atoms with Gasteiger partial charge in [-0.05, 0) is 31.1 Å². The summed E-state index contributed by atoms with van der Waals surface area (Å²) in [6, 6.07) is 9.01. The number of benzene rings is 1. The van der Waals surface area contributed by atoms with Crippen molar-refractivity contribution in [1.82, 2.24) is 0 Å². The molecule has 0 saturated heterocycles. The average Bonchev–Trinajstić information content (AvgIpc) is 2.99. The molecule has 4 atom stereocenters. The Labute approximate surface area is 106 Å². The Bertz CT molecular complexity index is 480. The number of hydrogen-bond donors (Lipinski definition) is 0. The van der Waals surface area contributed by atoms with Crippen molar-refractivity contribution in [1.29, 1.82) is 0 Å². The zero-order valence-electron chi connectivity index (χ0n) is 10.0. The second-order valence-corrected chi connectivity index (χ2v) is 5.43. The Morgan fingerprint density at radius 1 is 1.00 bits per heavy atom. The van der Waals surface area contributed by atoms with Crippen LogP contribution in [0.25, 0.3) is 0 Å². The first-order chi connectivity index (χ1) is 8.68. The van der Waals surface area contributed by atoms with Gasteiger partial charge in [-0.1, -0.05) is 30.3 Å². The topological polar surface area (TPSA) is 57.2 Å². The minimum absolute atomic E-state index is 0.0167. The van der Waals surface area contributed by atoms with Crippen LogP contribution in [0.5, 0.6) is 0 Å². The predicted octanol–water partition coefficient (Wildman–Crippen LogP) is 1.28. The molecule has 2 fully saturated rings. The molecule has 0 radical (unpaired) electrons. The number of carbonyl (C=O) groups is 2. The lowest BCUT2D eigenvalue weighted by atomic mass is 9.75. The molecule has 3 rings (SSSR count). The number of rotatable bonds is 3. The Hall–Kier alpha value is -1.64. The molecular formula is C15H15O3-. The number of carboxylic acids is 1. The molecule has 0 N–H and O–H groups in total. The van der Waals surface area contributed by atoms with Gasteiger partial charge in [-0.25, -0.2) is 0 Å². The molecule has 2 aliphatic rings. The first kappa shape index (κ1) is 11.5. The summed E-state index contributed by atoms with van der Waals surface area (Å²) in [5.41, 5.74) is 0.626. The molecule has 2 bridgehead atoms. The van der Waals surface area contributed by atoms with Gasteiger partial charge in [0.25, 0.3) is 0 Å². The van der Waals surface area contributed by atoms with Crippen molar-refractivity contribution < 1.29 is 14.7 Å². The second-order valence-electron chi connectivity index (χ2n) is 5.43. The van der Waals surface area contributed by atoms with E-state index in [1.807, 2.05) is 18.2 Å². The van der Waals surface area contributed by atoms with Crippen molar-refractivity contribution >= 4 is 11.8 Å². The fourth-order valence-electron chi connectivity index (χ4n) is 3.80. The first-order valence-corrected chi connectivity index (χ1v) is 6.48. The summed E-state index contributed by atoms with van der Waals surface area (Å²) >= 11 is 0. The van der Waals surface area contributed by atoms with Gasteiger partial charge < -0.3 is 9.90 Å². The van der Waals surface area contributed by atoms with Gasteiger partial charge in [-0.2, -0.15) is 0 Å². The highest BCUT2D eigenvalue weighted by molar-refractivity contribution is 6.00. The summed E-state index contributed by atoms with van der Waals surface area (Å²) in [6.45, 7) is 0. The van der Waals surface area contributed by atoms with E-state index in [0.717, 1.165) is 19.3 Å². The molecule has 1 aromatic rings. The zero-order valence-corrected chi connectivity index (χ0v) is 10.0. The van der Waals surface area contributed by atoms with Gasteiger partial charge in [0.15, 0.2) is 5.78 Å². The first-order valence-electron chi connectivity index (χ1n) is 6.48. The van der Waals surface area contributed by atoms with E-state index in [2.05, 4.69) is 0 Å². The molecule has 0 spiro atoms. The van der Waals surface area contributed by atoms with Crippen LogP contribution in [0.2, 0.25) is 0 Å². The number of fused-ring (bicyclic) bond motifs is 2. The third kappa shape index (κ3) is 1.65. The average molecular weight is 243 g/mol. The Kier molecular flexibility index (Phi) is 2.69. The third-order valence-electron chi connectivity index (χ3n) is 4.55. The minimum Gasteiger partial charge on any atom is -0.550 e. The van der Waals surface area contributed by atoms with Gasteiger partial charge in [-0.15, -0.1) is 0 Å². The van der Waals surface area contributed by atoms with E-state index < -0.39 is 11.9 Å². The monoisotopic (exact) mass is 243 g/mol. The molecule has 0 unspecified atom stereocenters. The summed E-state index contributed by atoms with van der Waals surface area (Å²) in [4.78, 5) is 23.7. The quantitative estimate of drug-likeness (QED) is 0.751. The standard InChI is InChI=1S/C15H16O3/c16-14(9-4-2-1-3-5-9)12-10-6-7-11(8-10)13(12)15(17)18/h1-5,10-13H,6-8H2,(H,17,18)/p-1/t10-,11-,12-,13-/m0/s1. The summed E-state index contributed by atoms with van der Waals surface area (Å²) < 4.78 is 0. The molecule has 3 heteroatoms. The molecular weight excluding hydrogens is 228 g/mol. The van der Waals surface area contributed by atoms with Crippen molar-refractivity contribution in [2.75, 3.05) is 0 Å². The van der Waals surface area contributed by atoms with Crippen LogP contribution in [-0.2, 0) is 4.79 Å². The number of carbonyl (C=O) groups excluding carboxylic acids is 2. The lowest BCUT2D eigenvalue weighted by molar-refractivity contribution is -0.314. The van der Waals surface area contributed by atoms with Crippen LogP contribution in [-0.4, -0.2) is 11.8 Å². The third-order valence-corrected chi connectivity index (χ3v) is 4.55. The SMILES string of the molecule is O=C([O-])[C@H]1[C@H]2CC[C@@H](C2)[C@@H]1C(=O)c1ccccc1. The van der Waals surface area contributed by atoms with Gasteiger partial charge in [0.05, 0.1) is 0 Å². The van der Waals surface area contributed by atoms with Gasteiger partial charge in [-0.3, -0.25) is 4.79 Å². The van der Waals surface area contributed by atoms with E-state index in [4.69, 9.17) is 0 Å². The molecule has 2 saturated carbocycles. The van der Waals surface area contributed by atoms with Gasteiger partial charge in [0, 0.05) is 23.4 Å². The van der Waals surface area contributed by atoms with E-state index in [0.29, 0.717) is 5.56 Å². The zero-order chi connectivity index (χ0) is 12.7. The maximum Gasteiger partial charge on any atom is 0.166 e. The Balaban J connectivity index is 1.91. The summed E-state index contributed by atoms with van der Waals surface area (Å²) in [7, 11) is 0. The molecule has 0 heterocycles. The number of aliphatic carboxylic acids is 1. The lowest BCUT2D eigenvalue weighted by Gasteiger charge is -2.30. The van der Waals surface area contributed by atoms with Crippen molar-refractivity contribution in [2.45, 2.75) is 19.3 Å². The van der Waals surface area contributed by atoms with Crippen LogP contribution in [0.1, 0.15) is 29.6 Å². The van der Waals surface area contributed by atoms with Crippen molar-refractivity contribution in [3.8, 4) is 0 Å². The fourth-order valence-corrected chi connectivity index (χ4v) is 3.80. The van der Waals surface area contributed by atoms with Crippen molar-refractivity contribution in [3.63, 3.8) is 0 Å². The van der Waals surface area contributed by atoms with Crippen LogP contribution >= 0.6 is 0 Å². The number of Topliss-reactive ketones (excluding diaryl/α,β-unsaturated/α-hetero) is 1. The predicted molar refractivity (Wildman–Crippen MR) is 63.6 cm³/mol. The second kappa shape index (κ2) is 4.23. The van der Waals surface area contributed by atoms with E-state index in [1.54, 1.807) is 12.1 Å². The highest BCUT2D eigenvalue weighted by atomic mass is 16.4. The van der Waals surface area contributed by atoms with E-state index in [-0.39, 0.29) is 23.5 Å². The number of ketones is 1. The van der Waals surface area contributed by atoms with Crippen LogP contribution < -0.4 is 5.11 Å². The molecule has 18 heavy (non-hydrogen) atoms. The fraction of sp³-hybridized carbons (Fsp3) is 0.467. The molecule has 2 aliphatic carbocycles. The lowest BCUT2D eigenvalue weighted by Crippen LogP contribution is -2.42. The molecule has 3 nitrogen and oxygen atoms in total. The van der Waals surface area contributed by atoms with Crippen molar-refractivity contribution in [2.24, 2.45) is 23.7 Å². The smallest absolute Gasteiger partial charge is 0.166 e. The van der Waals surface area contributed by atoms with E-state index in [1.165, 1.54) is 0 Å². The highest BCUT2D eigenvalue weighted by Crippen LogP contribution is 2.53. The molecule has 1 aromatic carbocycles. The van der Waals surface area contributed by atoms with Crippen LogP contribution in [0.15, 0.2) is 30.3 Å².